The van der Waals surface area contributed by atoms with Crippen LogP contribution in [0.5, 0.6) is 0 Å². The maximum absolute atomic E-state index is 11.5. The van der Waals surface area contributed by atoms with Crippen LogP contribution >= 0.6 is 0 Å². The number of rotatable bonds is 8. The lowest BCUT2D eigenvalue weighted by Gasteiger charge is -2.10. The molecule has 0 aliphatic heterocycles. The molecular weight excluding hydrogens is 420 g/mol. The molecule has 1 aliphatic rings. The number of hydrogen-bond acceptors (Lipinski definition) is 6. The highest BCUT2D eigenvalue weighted by Crippen LogP contribution is 2.41. The monoisotopic (exact) mass is 442 g/mol. The van der Waals surface area contributed by atoms with E-state index in [0.717, 1.165) is 47.6 Å². The Bertz CT molecular complexity index is 1280. The molecule has 0 saturated carbocycles. The molecule has 4 rings (SSSR count). The van der Waals surface area contributed by atoms with Gasteiger partial charge >= 0.3 is 5.69 Å². The zero-order valence-corrected chi connectivity index (χ0v) is 18.0. The number of nitro groups is 2. The summed E-state index contributed by atoms with van der Waals surface area (Å²) in [4.78, 5) is 21.3. The van der Waals surface area contributed by atoms with Gasteiger partial charge in [-0.15, -0.1) is 0 Å². The molecule has 0 atom stereocenters. The summed E-state index contributed by atoms with van der Waals surface area (Å²) in [6, 6.07) is 21.4. The summed E-state index contributed by atoms with van der Waals surface area (Å²) in [7, 11) is 0. The largest absolute Gasteiger partial charge is 0.301 e. The number of unbranched alkanes of at least 4 members (excludes halogenated alkanes) is 1. The lowest BCUT2D eigenvalue weighted by molar-refractivity contribution is -0.393. The van der Waals surface area contributed by atoms with Crippen molar-refractivity contribution in [3.05, 3.63) is 110 Å². The molecule has 0 spiro atoms. The van der Waals surface area contributed by atoms with E-state index in [9.17, 15) is 20.2 Å². The van der Waals surface area contributed by atoms with E-state index in [0.29, 0.717) is 5.71 Å². The van der Waals surface area contributed by atoms with Gasteiger partial charge in [0.1, 0.15) is 5.69 Å². The van der Waals surface area contributed by atoms with Crippen LogP contribution in [0.1, 0.15) is 42.9 Å². The van der Waals surface area contributed by atoms with Crippen LogP contribution in [0.3, 0.4) is 0 Å². The van der Waals surface area contributed by atoms with Gasteiger partial charge in [0, 0.05) is 17.2 Å². The second kappa shape index (κ2) is 9.44. The second-order valence-corrected chi connectivity index (χ2v) is 7.66. The predicted octanol–water partition coefficient (Wildman–Crippen LogP) is 6.43. The Labute approximate surface area is 190 Å². The molecule has 0 fully saturated rings. The maximum atomic E-state index is 11.5. The molecule has 33 heavy (non-hydrogen) atoms. The summed E-state index contributed by atoms with van der Waals surface area (Å²) in [6.45, 7) is 2.15. The predicted molar refractivity (Wildman–Crippen MR) is 129 cm³/mol. The zero-order valence-electron chi connectivity index (χ0n) is 18.0. The van der Waals surface area contributed by atoms with Gasteiger partial charge < -0.3 is 0 Å². The van der Waals surface area contributed by atoms with Gasteiger partial charge in [-0.05, 0) is 35.6 Å². The molecule has 0 radical (unpaired) electrons. The number of nitrogens with one attached hydrogen (secondary N) is 1. The van der Waals surface area contributed by atoms with E-state index < -0.39 is 15.5 Å². The van der Waals surface area contributed by atoms with Crippen molar-refractivity contribution < 1.29 is 9.85 Å². The van der Waals surface area contributed by atoms with E-state index in [1.165, 1.54) is 17.7 Å². The highest BCUT2D eigenvalue weighted by molar-refractivity contribution is 6.42. The fraction of sp³-hybridized carbons (Fsp3) is 0.160. The van der Waals surface area contributed by atoms with Crippen LogP contribution < -0.4 is 5.43 Å². The molecule has 0 aromatic heterocycles. The number of anilines is 1. The molecular formula is C25H22N4O4. The molecule has 166 valence electrons. The van der Waals surface area contributed by atoms with Crippen molar-refractivity contribution in [1.82, 2.24) is 0 Å². The van der Waals surface area contributed by atoms with Crippen LogP contribution in [-0.4, -0.2) is 15.6 Å². The van der Waals surface area contributed by atoms with Gasteiger partial charge in [-0.25, -0.2) is 0 Å². The first-order valence-corrected chi connectivity index (χ1v) is 10.7. The number of hydrazone groups is 1. The number of fused-ring (bicyclic) bond motifs is 1. The van der Waals surface area contributed by atoms with E-state index in [1.807, 2.05) is 48.5 Å². The van der Waals surface area contributed by atoms with Crippen molar-refractivity contribution in [2.24, 2.45) is 5.10 Å². The third-order valence-corrected chi connectivity index (χ3v) is 5.57. The number of nitrogens with zero attached hydrogens (tertiary/aromatic N) is 3. The molecule has 0 unspecified atom stereocenters. The normalized spacial score (nSPS) is 13.8. The van der Waals surface area contributed by atoms with Crippen molar-refractivity contribution in [3.8, 4) is 0 Å². The maximum Gasteiger partial charge on any atom is 0.301 e. The van der Waals surface area contributed by atoms with Crippen LogP contribution in [0.25, 0.3) is 11.1 Å². The highest BCUT2D eigenvalue weighted by atomic mass is 16.6. The van der Waals surface area contributed by atoms with Crippen LogP contribution in [0.4, 0.5) is 17.1 Å². The van der Waals surface area contributed by atoms with Gasteiger partial charge in [-0.1, -0.05) is 67.9 Å². The topological polar surface area (TPSA) is 111 Å². The lowest BCUT2D eigenvalue weighted by atomic mass is 9.96. The number of allylic oxidation sites excluding steroid dienone is 2. The Hall–Kier alpha value is -4.33. The Morgan fingerprint density at radius 2 is 1.58 bits per heavy atom. The fourth-order valence-corrected chi connectivity index (χ4v) is 4.01. The van der Waals surface area contributed by atoms with Crippen LogP contribution in [0.15, 0.2) is 77.9 Å². The zero-order chi connectivity index (χ0) is 23.4. The molecule has 8 heteroatoms. The Balaban J connectivity index is 1.84. The van der Waals surface area contributed by atoms with Gasteiger partial charge in [-0.3, -0.25) is 25.7 Å². The molecule has 8 nitrogen and oxygen atoms in total. The van der Waals surface area contributed by atoms with Crippen molar-refractivity contribution in [3.63, 3.8) is 0 Å². The molecule has 1 N–H and O–H groups in total. The van der Waals surface area contributed by atoms with Crippen LogP contribution in [-0.2, 0) is 0 Å². The molecule has 0 heterocycles. The van der Waals surface area contributed by atoms with E-state index >= 15 is 0 Å². The molecule has 0 amide bonds. The Morgan fingerprint density at radius 1 is 0.879 bits per heavy atom. The number of benzene rings is 3. The number of nitro benzene ring substituents is 2. The first kappa shape index (κ1) is 21.9. The Kier molecular flexibility index (Phi) is 6.26. The molecule has 1 aliphatic carbocycles. The summed E-state index contributed by atoms with van der Waals surface area (Å²) >= 11 is 0. The van der Waals surface area contributed by atoms with Crippen molar-refractivity contribution in [1.29, 1.82) is 0 Å². The second-order valence-electron chi connectivity index (χ2n) is 7.66. The third kappa shape index (κ3) is 4.36. The first-order valence-electron chi connectivity index (χ1n) is 10.7. The quantitative estimate of drug-likeness (QED) is 0.319. The highest BCUT2D eigenvalue weighted by Gasteiger charge is 2.29. The van der Waals surface area contributed by atoms with Crippen molar-refractivity contribution >= 4 is 33.9 Å². The number of non-ortho nitro benzene ring substituents is 1. The van der Waals surface area contributed by atoms with Crippen LogP contribution in [0.2, 0.25) is 0 Å². The van der Waals surface area contributed by atoms with Crippen molar-refractivity contribution in [2.75, 3.05) is 5.43 Å². The molecule has 0 saturated heterocycles. The van der Waals surface area contributed by atoms with Gasteiger partial charge in [-0.2, -0.15) is 5.10 Å². The number of hydrogen-bond donors (Lipinski definition) is 1. The molecule has 3 aromatic carbocycles. The average Bonchev–Trinajstić information content (AvgIpc) is 3.15. The SMILES string of the molecule is CCCCC1=C(c2ccccc2)/C(=N\Nc2ccc([N+](=O)[O-])cc2[N+](=O)[O-])c2ccccc21. The summed E-state index contributed by atoms with van der Waals surface area (Å²) in [6.07, 6.45) is 2.95. The lowest BCUT2D eigenvalue weighted by Crippen LogP contribution is -2.06. The van der Waals surface area contributed by atoms with E-state index in [2.05, 4.69) is 23.5 Å². The minimum absolute atomic E-state index is 0.0880. The first-order chi connectivity index (χ1) is 16.0. The summed E-state index contributed by atoms with van der Waals surface area (Å²) in [5, 5.41) is 27.2. The van der Waals surface area contributed by atoms with E-state index in [1.54, 1.807) is 0 Å². The summed E-state index contributed by atoms with van der Waals surface area (Å²) in [5.74, 6) is 0. The third-order valence-electron chi connectivity index (χ3n) is 5.57. The van der Waals surface area contributed by atoms with E-state index in [4.69, 9.17) is 0 Å². The van der Waals surface area contributed by atoms with E-state index in [-0.39, 0.29) is 11.4 Å². The summed E-state index contributed by atoms with van der Waals surface area (Å²) < 4.78 is 0. The standard InChI is InChI=1S/C25H22N4O4/c1-2-3-11-20-19-12-7-8-13-21(19)25(24(20)17-9-5-4-6-10-17)27-26-22-15-14-18(28(30)31)16-23(22)29(32)33/h4-10,12-16,26H,2-3,11H2,1H3/b27-25-. The van der Waals surface area contributed by atoms with Gasteiger partial charge in [0.05, 0.1) is 21.6 Å². The molecule has 3 aromatic rings. The van der Waals surface area contributed by atoms with Gasteiger partial charge in [0.15, 0.2) is 0 Å². The fourth-order valence-electron chi connectivity index (χ4n) is 4.01. The van der Waals surface area contributed by atoms with Crippen molar-refractivity contribution in [2.45, 2.75) is 26.2 Å². The van der Waals surface area contributed by atoms with Gasteiger partial charge in [0.25, 0.3) is 5.69 Å². The average molecular weight is 442 g/mol. The minimum Gasteiger partial charge on any atom is -0.271 e. The smallest absolute Gasteiger partial charge is 0.271 e. The van der Waals surface area contributed by atoms with Crippen LogP contribution in [0, 0.1) is 20.2 Å². The summed E-state index contributed by atoms with van der Waals surface area (Å²) in [5.41, 5.74) is 8.07. The molecule has 0 bridgehead atoms. The minimum atomic E-state index is -0.661. The van der Waals surface area contributed by atoms with Gasteiger partial charge in [0.2, 0.25) is 0 Å². The Morgan fingerprint density at radius 3 is 2.24 bits per heavy atom.